The van der Waals surface area contributed by atoms with Crippen molar-refractivity contribution in [2.45, 2.75) is 12.8 Å². The van der Waals surface area contributed by atoms with Crippen LogP contribution in [0.4, 0.5) is 0 Å². The molecule has 0 spiro atoms. The topological polar surface area (TPSA) is 51.0 Å². The first-order valence-corrected chi connectivity index (χ1v) is 4.08. The van der Waals surface area contributed by atoms with Gasteiger partial charge in [-0.2, -0.15) is 0 Å². The predicted molar refractivity (Wildman–Crippen MR) is 44.5 cm³/mol. The molecule has 1 amide bonds. The van der Waals surface area contributed by atoms with Gasteiger partial charge >= 0.3 is 0 Å². The molecule has 0 radical (unpaired) electrons. The third-order valence-corrected chi connectivity index (χ3v) is 2.16. The summed E-state index contributed by atoms with van der Waals surface area (Å²) < 4.78 is 5.25. The summed E-state index contributed by atoms with van der Waals surface area (Å²) in [4.78, 5) is 19.0. The summed E-state index contributed by atoms with van der Waals surface area (Å²) in [7, 11) is 0. The standard InChI is InChI=1S/C8H10N2O2/c11-8-6-1-3-12-4-2-7(6)9-5-10-8/h5-6H,1-4H2. The molecule has 1 atom stereocenters. The Morgan fingerprint density at radius 2 is 2.42 bits per heavy atom. The lowest BCUT2D eigenvalue weighted by Gasteiger charge is -2.13. The number of hydrogen-bond acceptors (Lipinski definition) is 3. The summed E-state index contributed by atoms with van der Waals surface area (Å²) in [6, 6.07) is 0. The summed E-state index contributed by atoms with van der Waals surface area (Å²) in [5.74, 6) is -0.164. The van der Waals surface area contributed by atoms with Gasteiger partial charge in [-0.1, -0.05) is 0 Å². The van der Waals surface area contributed by atoms with E-state index in [2.05, 4.69) is 9.98 Å². The first-order chi connectivity index (χ1) is 5.88. The van der Waals surface area contributed by atoms with Gasteiger partial charge in [0, 0.05) is 18.7 Å². The molecule has 0 aromatic rings. The highest BCUT2D eigenvalue weighted by molar-refractivity contribution is 6.11. The highest BCUT2D eigenvalue weighted by atomic mass is 16.5. The minimum Gasteiger partial charge on any atom is -0.381 e. The van der Waals surface area contributed by atoms with E-state index in [0.717, 1.165) is 18.6 Å². The van der Waals surface area contributed by atoms with E-state index in [9.17, 15) is 4.79 Å². The van der Waals surface area contributed by atoms with Crippen LogP contribution in [-0.4, -0.2) is 31.2 Å². The highest BCUT2D eigenvalue weighted by Crippen LogP contribution is 2.17. The summed E-state index contributed by atoms with van der Waals surface area (Å²) in [5, 5.41) is 0. The number of hydrogen-bond donors (Lipinski definition) is 0. The lowest BCUT2D eigenvalue weighted by atomic mass is 9.97. The van der Waals surface area contributed by atoms with Crippen LogP contribution in [0.25, 0.3) is 0 Å². The number of carbonyl (C=O) groups excluding carboxylic acids is 1. The molecule has 2 rings (SSSR count). The minimum absolute atomic E-state index is 0.0644. The molecule has 0 saturated carbocycles. The van der Waals surface area contributed by atoms with E-state index < -0.39 is 0 Å². The third-order valence-electron chi connectivity index (χ3n) is 2.16. The van der Waals surface area contributed by atoms with Crippen molar-refractivity contribution < 1.29 is 9.53 Å². The summed E-state index contributed by atoms with van der Waals surface area (Å²) in [6.07, 6.45) is 2.84. The van der Waals surface area contributed by atoms with Crippen molar-refractivity contribution in [2.24, 2.45) is 15.9 Å². The molecule has 2 aliphatic heterocycles. The molecule has 0 aliphatic carbocycles. The number of amides is 1. The van der Waals surface area contributed by atoms with Gasteiger partial charge in [0.25, 0.3) is 5.91 Å². The SMILES string of the molecule is O=C1N=CN=C2CCOCCC12. The second kappa shape index (κ2) is 3.15. The Morgan fingerprint density at radius 1 is 1.50 bits per heavy atom. The number of aliphatic imine (C=N–C) groups is 2. The van der Waals surface area contributed by atoms with E-state index in [-0.39, 0.29) is 11.8 Å². The van der Waals surface area contributed by atoms with Gasteiger partial charge in [-0.15, -0.1) is 0 Å². The zero-order valence-corrected chi connectivity index (χ0v) is 6.69. The number of nitrogens with zero attached hydrogens (tertiary/aromatic N) is 2. The van der Waals surface area contributed by atoms with Gasteiger partial charge in [0.1, 0.15) is 6.34 Å². The third kappa shape index (κ3) is 1.30. The monoisotopic (exact) mass is 166 g/mol. The Morgan fingerprint density at radius 3 is 3.33 bits per heavy atom. The molecule has 4 nitrogen and oxygen atoms in total. The van der Waals surface area contributed by atoms with Crippen LogP contribution in [0.1, 0.15) is 12.8 Å². The molecule has 0 N–H and O–H groups in total. The first kappa shape index (κ1) is 7.61. The van der Waals surface area contributed by atoms with Gasteiger partial charge in [0.15, 0.2) is 0 Å². The normalized spacial score (nSPS) is 29.2. The van der Waals surface area contributed by atoms with E-state index in [1.807, 2.05) is 0 Å². The molecule has 4 heteroatoms. The average Bonchev–Trinajstić information content (AvgIpc) is 2.30. The van der Waals surface area contributed by atoms with Gasteiger partial charge in [0.2, 0.25) is 0 Å². The van der Waals surface area contributed by atoms with Crippen molar-refractivity contribution in [3.63, 3.8) is 0 Å². The van der Waals surface area contributed by atoms with Gasteiger partial charge in [0.05, 0.1) is 12.5 Å². The molecule has 0 bridgehead atoms. The molecule has 1 unspecified atom stereocenters. The largest absolute Gasteiger partial charge is 0.381 e. The van der Waals surface area contributed by atoms with Gasteiger partial charge in [-0.05, 0) is 6.42 Å². The predicted octanol–water partition coefficient (Wildman–Crippen LogP) is 0.422. The number of rotatable bonds is 0. The molecule has 2 aliphatic rings. The lowest BCUT2D eigenvalue weighted by Crippen LogP contribution is -2.25. The van der Waals surface area contributed by atoms with E-state index in [1.54, 1.807) is 0 Å². The second-order valence-corrected chi connectivity index (χ2v) is 2.91. The van der Waals surface area contributed by atoms with E-state index in [0.29, 0.717) is 13.2 Å². The smallest absolute Gasteiger partial charge is 0.256 e. The Hall–Kier alpha value is -1.03. The van der Waals surface area contributed by atoms with E-state index in [1.165, 1.54) is 6.34 Å². The summed E-state index contributed by atoms with van der Waals surface area (Å²) in [6.45, 7) is 1.32. The zero-order chi connectivity index (χ0) is 8.39. The maximum absolute atomic E-state index is 11.2. The fourth-order valence-electron chi connectivity index (χ4n) is 1.49. The van der Waals surface area contributed by atoms with Crippen molar-refractivity contribution in [1.29, 1.82) is 0 Å². The van der Waals surface area contributed by atoms with Crippen LogP contribution in [0.5, 0.6) is 0 Å². The molecular weight excluding hydrogens is 156 g/mol. The maximum atomic E-state index is 11.2. The fourth-order valence-corrected chi connectivity index (χ4v) is 1.49. The highest BCUT2D eigenvalue weighted by Gasteiger charge is 2.27. The van der Waals surface area contributed by atoms with Crippen molar-refractivity contribution >= 4 is 18.0 Å². The molecule has 2 heterocycles. The fraction of sp³-hybridized carbons (Fsp3) is 0.625. The average molecular weight is 166 g/mol. The molecule has 0 aromatic heterocycles. The quantitative estimate of drug-likeness (QED) is 0.523. The molecular formula is C8H10N2O2. The van der Waals surface area contributed by atoms with Crippen LogP contribution in [0.3, 0.4) is 0 Å². The Bertz CT molecular complexity index is 258. The number of ether oxygens (including phenoxy) is 1. The molecule has 12 heavy (non-hydrogen) atoms. The molecule has 1 saturated heterocycles. The van der Waals surface area contributed by atoms with Crippen molar-refractivity contribution in [1.82, 2.24) is 0 Å². The Kier molecular flexibility index (Phi) is 1.99. The molecule has 64 valence electrons. The van der Waals surface area contributed by atoms with Crippen molar-refractivity contribution in [2.75, 3.05) is 13.2 Å². The van der Waals surface area contributed by atoms with Crippen molar-refractivity contribution in [3.8, 4) is 0 Å². The van der Waals surface area contributed by atoms with Crippen LogP contribution in [0.15, 0.2) is 9.98 Å². The van der Waals surface area contributed by atoms with Crippen LogP contribution in [-0.2, 0) is 9.53 Å². The van der Waals surface area contributed by atoms with E-state index in [4.69, 9.17) is 4.74 Å². The first-order valence-electron chi connectivity index (χ1n) is 4.08. The van der Waals surface area contributed by atoms with Gasteiger partial charge < -0.3 is 4.74 Å². The molecule has 1 fully saturated rings. The van der Waals surface area contributed by atoms with Crippen LogP contribution in [0.2, 0.25) is 0 Å². The number of fused-ring (bicyclic) bond motifs is 1. The zero-order valence-electron chi connectivity index (χ0n) is 6.69. The van der Waals surface area contributed by atoms with E-state index >= 15 is 0 Å². The summed E-state index contributed by atoms with van der Waals surface area (Å²) in [5.41, 5.74) is 0.938. The van der Waals surface area contributed by atoms with Gasteiger partial charge in [-0.3, -0.25) is 4.79 Å². The van der Waals surface area contributed by atoms with Crippen LogP contribution >= 0.6 is 0 Å². The van der Waals surface area contributed by atoms with Crippen molar-refractivity contribution in [3.05, 3.63) is 0 Å². The Labute approximate surface area is 70.3 Å². The minimum atomic E-state index is -0.0995. The van der Waals surface area contributed by atoms with Crippen LogP contribution < -0.4 is 0 Å². The van der Waals surface area contributed by atoms with Crippen LogP contribution in [0, 0.1) is 5.92 Å². The summed E-state index contributed by atoms with van der Waals surface area (Å²) >= 11 is 0. The molecule has 0 aromatic carbocycles. The second-order valence-electron chi connectivity index (χ2n) is 2.91. The Balaban J connectivity index is 2.22. The maximum Gasteiger partial charge on any atom is 0.256 e. The number of carbonyl (C=O) groups is 1. The van der Waals surface area contributed by atoms with Gasteiger partial charge in [-0.25, -0.2) is 9.98 Å². The lowest BCUT2D eigenvalue weighted by molar-refractivity contribution is -0.120.